The number of aliphatic hydroxyl groups excluding tert-OH is 1. The van der Waals surface area contributed by atoms with E-state index in [0.29, 0.717) is 29.1 Å². The summed E-state index contributed by atoms with van der Waals surface area (Å²) in [5.41, 5.74) is 2.03. The van der Waals surface area contributed by atoms with Crippen molar-refractivity contribution in [3.8, 4) is 11.5 Å². The molecule has 2 aromatic carbocycles. The zero-order valence-corrected chi connectivity index (χ0v) is 18.3. The summed E-state index contributed by atoms with van der Waals surface area (Å²) >= 11 is 0. The van der Waals surface area contributed by atoms with Crippen LogP contribution in [-0.2, 0) is 22.6 Å². The van der Waals surface area contributed by atoms with Crippen molar-refractivity contribution in [3.63, 3.8) is 0 Å². The molecule has 0 saturated carbocycles. The van der Waals surface area contributed by atoms with Crippen molar-refractivity contribution >= 4 is 17.4 Å². The number of amides is 1. The van der Waals surface area contributed by atoms with Crippen molar-refractivity contribution in [2.45, 2.75) is 32.0 Å². The highest BCUT2D eigenvalue weighted by atomic mass is 16.5. The molecular formula is C26H23NO6. The van der Waals surface area contributed by atoms with E-state index in [2.05, 4.69) is 0 Å². The maximum atomic E-state index is 13.2. The average Bonchev–Trinajstić information content (AvgIpc) is 3.52. The van der Waals surface area contributed by atoms with Gasteiger partial charge in [0.2, 0.25) is 0 Å². The van der Waals surface area contributed by atoms with E-state index < -0.39 is 17.7 Å². The third-order valence-electron chi connectivity index (χ3n) is 6.05. The zero-order chi connectivity index (χ0) is 23.1. The maximum absolute atomic E-state index is 13.2. The molecule has 3 heterocycles. The molecule has 7 nitrogen and oxygen atoms in total. The minimum absolute atomic E-state index is 0.0166. The lowest BCUT2D eigenvalue weighted by Crippen LogP contribution is -2.29. The number of para-hydroxylation sites is 1. The Morgan fingerprint density at radius 2 is 1.97 bits per heavy atom. The SMILES string of the molecule is COc1ccccc1C1/C(=C(\O)c2ccc3c(c2)CC(C)O3)C(=O)C(=O)N1Cc1ccco1. The quantitative estimate of drug-likeness (QED) is 0.359. The third-order valence-corrected chi connectivity index (χ3v) is 6.05. The van der Waals surface area contributed by atoms with E-state index in [1.165, 1.54) is 18.3 Å². The Morgan fingerprint density at radius 3 is 2.73 bits per heavy atom. The molecule has 7 heteroatoms. The van der Waals surface area contributed by atoms with Gasteiger partial charge in [-0.25, -0.2) is 0 Å². The second-order valence-electron chi connectivity index (χ2n) is 8.20. The van der Waals surface area contributed by atoms with Gasteiger partial charge in [0.05, 0.1) is 31.5 Å². The zero-order valence-electron chi connectivity index (χ0n) is 18.3. The Morgan fingerprint density at radius 1 is 1.15 bits per heavy atom. The highest BCUT2D eigenvalue weighted by molar-refractivity contribution is 6.46. The number of carbonyl (C=O) groups is 2. The van der Waals surface area contributed by atoms with Crippen LogP contribution in [0.5, 0.6) is 11.5 Å². The van der Waals surface area contributed by atoms with Crippen molar-refractivity contribution in [1.29, 1.82) is 0 Å². The summed E-state index contributed by atoms with van der Waals surface area (Å²) in [6, 6.07) is 15.1. The van der Waals surface area contributed by atoms with Crippen LogP contribution in [0.3, 0.4) is 0 Å². The van der Waals surface area contributed by atoms with Gasteiger partial charge in [-0.3, -0.25) is 9.59 Å². The molecule has 0 aliphatic carbocycles. The first kappa shape index (κ1) is 20.9. The second-order valence-corrected chi connectivity index (χ2v) is 8.20. The van der Waals surface area contributed by atoms with Gasteiger partial charge in [-0.15, -0.1) is 0 Å². The second kappa shape index (κ2) is 8.16. The summed E-state index contributed by atoms with van der Waals surface area (Å²) < 4.78 is 16.7. The van der Waals surface area contributed by atoms with E-state index in [9.17, 15) is 14.7 Å². The normalized spacial score (nSPS) is 21.2. The first-order chi connectivity index (χ1) is 16.0. The van der Waals surface area contributed by atoms with Crippen LogP contribution in [0.15, 0.2) is 70.9 Å². The van der Waals surface area contributed by atoms with Crippen LogP contribution in [0.1, 0.15) is 35.4 Å². The third kappa shape index (κ3) is 3.55. The topological polar surface area (TPSA) is 89.2 Å². The molecule has 168 valence electrons. The molecule has 1 amide bonds. The number of likely N-dealkylation sites (tertiary alicyclic amines) is 1. The number of nitrogens with zero attached hydrogens (tertiary/aromatic N) is 1. The Balaban J connectivity index is 1.66. The molecule has 1 N–H and O–H groups in total. The molecule has 33 heavy (non-hydrogen) atoms. The van der Waals surface area contributed by atoms with Crippen molar-refractivity contribution < 1.29 is 28.6 Å². The molecule has 3 aromatic rings. The highest BCUT2D eigenvalue weighted by Gasteiger charge is 2.47. The number of rotatable bonds is 5. The predicted octanol–water partition coefficient (Wildman–Crippen LogP) is 4.23. The lowest BCUT2D eigenvalue weighted by Gasteiger charge is -2.25. The number of ketones is 1. The van der Waals surface area contributed by atoms with Crippen molar-refractivity contribution in [2.24, 2.45) is 0 Å². The number of hydrogen-bond acceptors (Lipinski definition) is 6. The van der Waals surface area contributed by atoms with Crippen LogP contribution >= 0.6 is 0 Å². The first-order valence-corrected chi connectivity index (χ1v) is 10.7. The molecule has 0 radical (unpaired) electrons. The summed E-state index contributed by atoms with van der Waals surface area (Å²) in [5, 5.41) is 11.3. The summed E-state index contributed by atoms with van der Waals surface area (Å²) in [5.74, 6) is 0.116. The van der Waals surface area contributed by atoms with E-state index in [1.54, 1.807) is 42.5 Å². The molecule has 2 aliphatic heterocycles. The van der Waals surface area contributed by atoms with Crippen molar-refractivity contribution in [3.05, 3.63) is 88.9 Å². The van der Waals surface area contributed by atoms with E-state index in [4.69, 9.17) is 13.9 Å². The van der Waals surface area contributed by atoms with Gasteiger partial charge in [0.25, 0.3) is 11.7 Å². The fourth-order valence-corrected chi connectivity index (χ4v) is 4.55. The van der Waals surface area contributed by atoms with Gasteiger partial charge in [-0.2, -0.15) is 0 Å². The summed E-state index contributed by atoms with van der Waals surface area (Å²) in [7, 11) is 1.53. The monoisotopic (exact) mass is 445 g/mol. The Bertz CT molecular complexity index is 1260. The van der Waals surface area contributed by atoms with E-state index in [0.717, 1.165) is 11.3 Å². The maximum Gasteiger partial charge on any atom is 0.296 e. The number of hydrogen-bond donors (Lipinski definition) is 1. The molecule has 1 fully saturated rings. The first-order valence-electron chi connectivity index (χ1n) is 10.7. The number of furan rings is 1. The van der Waals surface area contributed by atoms with Gasteiger partial charge in [0.1, 0.15) is 29.1 Å². The standard InChI is InChI=1S/C26H23NO6/c1-15-12-17-13-16(9-10-20(17)33-15)24(28)22-23(19-7-3-4-8-21(19)31-2)27(26(30)25(22)29)14-18-6-5-11-32-18/h3-11,13,15,23,28H,12,14H2,1-2H3/b24-22+. The summed E-state index contributed by atoms with van der Waals surface area (Å²) in [4.78, 5) is 27.7. The molecule has 0 spiro atoms. The molecule has 2 aliphatic rings. The van der Waals surface area contributed by atoms with Gasteiger partial charge < -0.3 is 23.9 Å². The molecule has 2 unspecified atom stereocenters. The molecule has 0 bridgehead atoms. The summed E-state index contributed by atoms with van der Waals surface area (Å²) in [6.45, 7) is 2.05. The number of methoxy groups -OCH3 is 1. The van der Waals surface area contributed by atoms with Gasteiger partial charge in [0.15, 0.2) is 0 Å². The fourth-order valence-electron chi connectivity index (χ4n) is 4.55. The molecule has 2 atom stereocenters. The van der Waals surface area contributed by atoms with E-state index in [1.807, 2.05) is 19.1 Å². The van der Waals surface area contributed by atoms with Crippen LogP contribution in [0.2, 0.25) is 0 Å². The molecule has 1 aromatic heterocycles. The summed E-state index contributed by atoms with van der Waals surface area (Å²) in [6.07, 6.45) is 2.27. The Kier molecular flexibility index (Phi) is 5.17. The minimum atomic E-state index is -0.838. The minimum Gasteiger partial charge on any atom is -0.507 e. The lowest BCUT2D eigenvalue weighted by atomic mass is 9.94. The largest absolute Gasteiger partial charge is 0.507 e. The lowest BCUT2D eigenvalue weighted by molar-refractivity contribution is -0.140. The molecular weight excluding hydrogens is 422 g/mol. The van der Waals surface area contributed by atoms with Gasteiger partial charge in [-0.05, 0) is 48.9 Å². The number of fused-ring (bicyclic) bond motifs is 1. The van der Waals surface area contributed by atoms with Crippen LogP contribution in [-0.4, -0.2) is 34.9 Å². The van der Waals surface area contributed by atoms with Crippen LogP contribution in [0, 0.1) is 0 Å². The number of carbonyl (C=O) groups excluding carboxylic acids is 2. The Hall–Kier alpha value is -4.00. The number of aliphatic hydroxyl groups is 1. The van der Waals surface area contributed by atoms with Crippen molar-refractivity contribution in [2.75, 3.05) is 7.11 Å². The van der Waals surface area contributed by atoms with Crippen LogP contribution in [0.25, 0.3) is 5.76 Å². The fraction of sp³-hybridized carbons (Fsp3) is 0.231. The Labute approximate surface area is 190 Å². The van der Waals surface area contributed by atoms with E-state index in [-0.39, 0.29) is 24.0 Å². The van der Waals surface area contributed by atoms with Gasteiger partial charge in [-0.1, -0.05) is 18.2 Å². The van der Waals surface area contributed by atoms with Crippen LogP contribution in [0.4, 0.5) is 0 Å². The molecule has 5 rings (SSSR count). The van der Waals surface area contributed by atoms with Gasteiger partial charge >= 0.3 is 0 Å². The highest BCUT2D eigenvalue weighted by Crippen LogP contribution is 2.44. The van der Waals surface area contributed by atoms with Gasteiger partial charge in [0, 0.05) is 17.5 Å². The van der Waals surface area contributed by atoms with Crippen molar-refractivity contribution in [1.82, 2.24) is 4.90 Å². The smallest absolute Gasteiger partial charge is 0.296 e. The van der Waals surface area contributed by atoms with Crippen LogP contribution < -0.4 is 9.47 Å². The molecule has 1 saturated heterocycles. The van der Waals surface area contributed by atoms with E-state index >= 15 is 0 Å². The number of ether oxygens (including phenoxy) is 2. The number of Topliss-reactive ketones (excluding diaryl/α,β-unsaturated/α-hetero) is 1. The predicted molar refractivity (Wildman–Crippen MR) is 120 cm³/mol. The number of benzene rings is 2. The average molecular weight is 445 g/mol.